The number of carbonyl (C=O) groups excluding carboxylic acids is 1. The molecule has 0 spiro atoms. The van der Waals surface area contributed by atoms with Crippen molar-refractivity contribution in [1.82, 2.24) is 25.1 Å². The summed E-state index contributed by atoms with van der Waals surface area (Å²) in [6.45, 7) is 11.9. The largest absolute Gasteiger partial charge is 0.459 e. The van der Waals surface area contributed by atoms with Crippen LogP contribution in [0.4, 0.5) is 0 Å². The van der Waals surface area contributed by atoms with Gasteiger partial charge in [0.25, 0.3) is 5.91 Å². The van der Waals surface area contributed by atoms with Crippen LogP contribution in [0.3, 0.4) is 0 Å². The molecule has 1 N–H and O–H groups in total. The summed E-state index contributed by atoms with van der Waals surface area (Å²) in [6.07, 6.45) is 2.56. The third kappa shape index (κ3) is 3.95. The molecule has 3 rings (SSSR count). The lowest BCUT2D eigenvalue weighted by molar-refractivity contribution is -0.937. The lowest BCUT2D eigenvalue weighted by Gasteiger charge is -2.36. The Morgan fingerprint density at radius 1 is 1.27 bits per heavy atom. The number of aromatic nitrogens is 4. The Hall–Kier alpha value is -2.22. The molecule has 1 amide bonds. The molecule has 26 heavy (non-hydrogen) atoms. The van der Waals surface area contributed by atoms with Crippen molar-refractivity contribution in [1.29, 1.82) is 0 Å². The van der Waals surface area contributed by atoms with Gasteiger partial charge >= 0.3 is 0 Å². The number of piperazine rings is 1. The predicted octanol–water partition coefficient (Wildman–Crippen LogP) is 0.975. The van der Waals surface area contributed by atoms with Crippen LogP contribution < -0.4 is 4.90 Å². The zero-order valence-electron chi connectivity index (χ0n) is 16.1. The fourth-order valence-electron chi connectivity index (χ4n) is 3.63. The van der Waals surface area contributed by atoms with Crippen molar-refractivity contribution in [3.63, 3.8) is 0 Å². The summed E-state index contributed by atoms with van der Waals surface area (Å²) in [6, 6.07) is 3.95. The number of nitrogens with one attached hydrogen (secondary N) is 1. The van der Waals surface area contributed by atoms with E-state index in [1.165, 1.54) is 4.90 Å². The van der Waals surface area contributed by atoms with Crippen LogP contribution in [0.5, 0.6) is 0 Å². The Balaban J connectivity index is 1.71. The third-order valence-corrected chi connectivity index (χ3v) is 4.94. The van der Waals surface area contributed by atoms with Crippen molar-refractivity contribution in [2.75, 3.05) is 26.2 Å². The highest BCUT2D eigenvalue weighted by Crippen LogP contribution is 2.19. The van der Waals surface area contributed by atoms with Gasteiger partial charge in [-0.25, -0.2) is 4.68 Å². The number of hydrogen-bond acceptors (Lipinski definition) is 5. The van der Waals surface area contributed by atoms with Gasteiger partial charge in [0.2, 0.25) is 5.82 Å². The minimum atomic E-state index is -0.0264. The molecule has 0 unspecified atom stereocenters. The first-order chi connectivity index (χ1) is 12.5. The number of carbonyl (C=O) groups is 1. The lowest BCUT2D eigenvalue weighted by Crippen LogP contribution is -3.15. The molecule has 0 radical (unpaired) electrons. The minimum Gasteiger partial charge on any atom is -0.459 e. The molecule has 8 nitrogen and oxygen atoms in total. The Morgan fingerprint density at radius 2 is 2.00 bits per heavy atom. The molecule has 1 saturated heterocycles. The van der Waals surface area contributed by atoms with E-state index in [9.17, 15) is 4.79 Å². The molecular formula is C18H29N6O2+. The molecule has 1 aliphatic rings. The van der Waals surface area contributed by atoms with Crippen LogP contribution in [0.15, 0.2) is 22.8 Å². The molecule has 8 heteroatoms. The summed E-state index contributed by atoms with van der Waals surface area (Å²) in [5.74, 6) is 1.89. The van der Waals surface area contributed by atoms with Gasteiger partial charge in [-0.15, -0.1) is 5.10 Å². The van der Waals surface area contributed by atoms with Crippen molar-refractivity contribution >= 4 is 5.91 Å². The lowest BCUT2D eigenvalue weighted by atomic mass is 10.0. The van der Waals surface area contributed by atoms with Gasteiger partial charge in [0.1, 0.15) is 6.04 Å². The maximum atomic E-state index is 12.5. The molecule has 3 heterocycles. The van der Waals surface area contributed by atoms with Crippen molar-refractivity contribution in [3.05, 3.63) is 30.0 Å². The molecule has 0 aromatic carbocycles. The molecule has 2 aromatic heterocycles. The average Bonchev–Trinajstić information content (AvgIpc) is 3.30. The third-order valence-electron chi connectivity index (χ3n) is 4.94. The zero-order valence-corrected chi connectivity index (χ0v) is 16.1. The summed E-state index contributed by atoms with van der Waals surface area (Å²) in [4.78, 5) is 15.8. The number of nitrogens with zero attached hydrogens (tertiary/aromatic N) is 5. The number of tetrazole rings is 1. The SMILES string of the molecule is CC(C)C[C@H](c1nnnn1C(C)C)[NH+]1CCN(C(=O)c2ccco2)CC1. The van der Waals surface area contributed by atoms with E-state index in [2.05, 4.69) is 43.2 Å². The molecule has 0 aliphatic carbocycles. The van der Waals surface area contributed by atoms with Crippen molar-refractivity contribution < 1.29 is 14.1 Å². The fraction of sp³-hybridized carbons (Fsp3) is 0.667. The predicted molar refractivity (Wildman–Crippen MR) is 95.7 cm³/mol. The normalized spacial score (nSPS) is 17.2. The van der Waals surface area contributed by atoms with Gasteiger partial charge in [0.05, 0.1) is 38.5 Å². The first kappa shape index (κ1) is 18.6. The average molecular weight is 361 g/mol. The quantitative estimate of drug-likeness (QED) is 0.829. The topological polar surface area (TPSA) is 81.5 Å². The minimum absolute atomic E-state index is 0.0264. The van der Waals surface area contributed by atoms with Crippen LogP contribution in [-0.4, -0.2) is 57.2 Å². The second kappa shape index (κ2) is 7.99. The van der Waals surface area contributed by atoms with E-state index in [0.29, 0.717) is 24.8 Å². The van der Waals surface area contributed by atoms with Crippen LogP contribution in [0, 0.1) is 5.92 Å². The summed E-state index contributed by atoms with van der Waals surface area (Å²) in [5.41, 5.74) is 0. The number of quaternary nitrogens is 1. The maximum absolute atomic E-state index is 12.5. The summed E-state index contributed by atoms with van der Waals surface area (Å²) in [7, 11) is 0. The first-order valence-corrected chi connectivity index (χ1v) is 9.42. The number of hydrogen-bond donors (Lipinski definition) is 1. The van der Waals surface area contributed by atoms with Gasteiger partial charge < -0.3 is 14.2 Å². The van der Waals surface area contributed by atoms with Gasteiger partial charge in [-0.05, 0) is 42.3 Å². The molecule has 1 aliphatic heterocycles. The monoisotopic (exact) mass is 361 g/mol. The number of furan rings is 1. The van der Waals surface area contributed by atoms with Crippen molar-refractivity contribution in [3.8, 4) is 0 Å². The Kier molecular flexibility index (Phi) is 5.70. The molecule has 1 atom stereocenters. The summed E-state index contributed by atoms with van der Waals surface area (Å²) in [5, 5.41) is 12.4. The van der Waals surface area contributed by atoms with Crippen molar-refractivity contribution in [2.24, 2.45) is 5.92 Å². The maximum Gasteiger partial charge on any atom is 0.289 e. The standard InChI is InChI=1S/C18H28N6O2/c1-13(2)12-15(17-19-20-21-24(17)14(3)4)22-7-9-23(10-8-22)18(25)16-6-5-11-26-16/h5-6,11,13-15H,7-10,12H2,1-4H3/p+1/t15-/m1/s1. The zero-order chi connectivity index (χ0) is 18.7. The molecule has 2 aromatic rings. The molecule has 1 fully saturated rings. The smallest absolute Gasteiger partial charge is 0.289 e. The molecule has 0 saturated carbocycles. The van der Waals surface area contributed by atoms with E-state index in [0.717, 1.165) is 25.3 Å². The van der Waals surface area contributed by atoms with E-state index in [-0.39, 0.29) is 18.0 Å². The summed E-state index contributed by atoms with van der Waals surface area (Å²) < 4.78 is 7.18. The van der Waals surface area contributed by atoms with Crippen LogP contribution in [0.2, 0.25) is 0 Å². The number of amides is 1. The molecule has 142 valence electrons. The second-order valence-electron chi connectivity index (χ2n) is 7.69. The van der Waals surface area contributed by atoms with Gasteiger partial charge in [-0.2, -0.15) is 0 Å². The summed E-state index contributed by atoms with van der Waals surface area (Å²) >= 11 is 0. The highest BCUT2D eigenvalue weighted by molar-refractivity contribution is 5.91. The number of rotatable bonds is 6. The van der Waals surface area contributed by atoms with Gasteiger partial charge in [0, 0.05) is 6.42 Å². The van der Waals surface area contributed by atoms with E-state index in [4.69, 9.17) is 4.42 Å². The molecule has 0 bridgehead atoms. The first-order valence-electron chi connectivity index (χ1n) is 9.42. The highest BCUT2D eigenvalue weighted by atomic mass is 16.3. The van der Waals surface area contributed by atoms with E-state index in [1.54, 1.807) is 18.4 Å². The van der Waals surface area contributed by atoms with Crippen LogP contribution >= 0.6 is 0 Å². The van der Waals surface area contributed by atoms with Crippen molar-refractivity contribution in [2.45, 2.75) is 46.2 Å². The Labute approximate surface area is 154 Å². The van der Waals surface area contributed by atoms with E-state index in [1.807, 2.05) is 9.58 Å². The van der Waals surface area contributed by atoms with Gasteiger partial charge in [-0.3, -0.25) is 4.79 Å². The van der Waals surface area contributed by atoms with E-state index < -0.39 is 0 Å². The molecular weight excluding hydrogens is 332 g/mol. The Bertz CT molecular complexity index is 701. The van der Waals surface area contributed by atoms with Crippen LogP contribution in [-0.2, 0) is 0 Å². The highest BCUT2D eigenvalue weighted by Gasteiger charge is 2.35. The second-order valence-corrected chi connectivity index (χ2v) is 7.69. The van der Waals surface area contributed by atoms with Crippen LogP contribution in [0.1, 0.15) is 62.6 Å². The van der Waals surface area contributed by atoms with Gasteiger partial charge in [0.15, 0.2) is 5.76 Å². The van der Waals surface area contributed by atoms with Crippen LogP contribution in [0.25, 0.3) is 0 Å². The Morgan fingerprint density at radius 3 is 2.58 bits per heavy atom. The van der Waals surface area contributed by atoms with Gasteiger partial charge in [-0.1, -0.05) is 13.8 Å². The van der Waals surface area contributed by atoms with E-state index >= 15 is 0 Å². The fourth-order valence-corrected chi connectivity index (χ4v) is 3.63.